The number of hydrogen-bond acceptors (Lipinski definition) is 2. The van der Waals surface area contributed by atoms with Crippen molar-refractivity contribution in [1.29, 1.82) is 0 Å². The van der Waals surface area contributed by atoms with E-state index in [0.29, 0.717) is 0 Å². The molecule has 274 valence electrons. The van der Waals surface area contributed by atoms with E-state index in [0.717, 1.165) is 125 Å². The summed E-state index contributed by atoms with van der Waals surface area (Å²) in [6.45, 7) is 0. The fourth-order valence-electron chi connectivity index (χ4n) is 7.10. The van der Waals surface area contributed by atoms with Gasteiger partial charge in [0, 0.05) is 102 Å². The number of halogens is 8. The molecule has 3 aromatic heterocycles. The molecule has 4 nitrogen and oxygen atoms in total. The molecule has 0 amide bonds. The number of aromatic nitrogens is 4. The van der Waals surface area contributed by atoms with Gasteiger partial charge in [-0.25, -0.2) is 9.97 Å². The van der Waals surface area contributed by atoms with Gasteiger partial charge in [-0.05, 0) is 121 Å². The Kier molecular flexibility index (Phi) is 11.0. The first-order valence-corrected chi connectivity index (χ1v) is 23.3. The first kappa shape index (κ1) is 38.8. The topological polar surface area (TPSA) is 57.4 Å². The van der Waals surface area contributed by atoms with Gasteiger partial charge in [-0.3, -0.25) is 0 Å². The van der Waals surface area contributed by atoms with Crippen LogP contribution in [-0.4, -0.2) is 19.9 Å². The van der Waals surface area contributed by atoms with Gasteiger partial charge in [-0.15, -0.1) is 0 Å². The van der Waals surface area contributed by atoms with E-state index in [1.165, 1.54) is 0 Å². The Morgan fingerprint density at radius 3 is 0.768 bits per heavy atom. The lowest BCUT2D eigenvalue weighted by Crippen LogP contribution is -1.91. The summed E-state index contributed by atoms with van der Waals surface area (Å²) in [4.78, 5) is 18.5. The summed E-state index contributed by atoms with van der Waals surface area (Å²) in [6, 6.07) is 33.3. The Morgan fingerprint density at radius 1 is 0.304 bits per heavy atom. The van der Waals surface area contributed by atoms with E-state index < -0.39 is 0 Å². The minimum atomic E-state index is 0.818. The smallest absolute Gasteiger partial charge is 0.0737 e. The van der Waals surface area contributed by atoms with Crippen LogP contribution in [-0.2, 0) is 0 Å². The largest absolute Gasteiger partial charge is 0.354 e. The van der Waals surface area contributed by atoms with Gasteiger partial charge in [0.15, 0.2) is 0 Å². The normalized spacial score (nSPS) is 12.1. The highest BCUT2D eigenvalue weighted by atomic mass is 79.9. The number of rotatable bonds is 4. The zero-order chi connectivity index (χ0) is 38.8. The van der Waals surface area contributed by atoms with Crippen LogP contribution in [0, 0.1) is 0 Å². The molecule has 0 fully saturated rings. The molecule has 0 atom stereocenters. The average Bonchev–Trinajstić information content (AvgIpc) is 4.01. The number of nitrogens with one attached hydrogen (secondary N) is 2. The van der Waals surface area contributed by atoms with E-state index in [1.54, 1.807) is 0 Å². The van der Waals surface area contributed by atoms with Crippen molar-refractivity contribution in [3.63, 3.8) is 0 Å². The fourth-order valence-corrected chi connectivity index (χ4v) is 10.3. The SMILES string of the molecule is Brc1ccc(Br)c(-c2c3nc(c(-c4cc(Br)ccc4Br)c4ccc([nH]4)c(-c4cc(Br)ccc4Br)c4nc(c(-c5cc(Br)ccc5Br)c5ccc2[nH]5)C=C4)C=C3)c1. The van der Waals surface area contributed by atoms with Crippen LogP contribution >= 0.6 is 127 Å². The first-order chi connectivity index (χ1) is 27.0. The van der Waals surface area contributed by atoms with Gasteiger partial charge in [0.05, 0.1) is 22.8 Å². The van der Waals surface area contributed by atoms with Gasteiger partial charge < -0.3 is 9.97 Å². The summed E-state index contributed by atoms with van der Waals surface area (Å²) in [5.41, 5.74) is 14.6. The third-order valence-electron chi connectivity index (χ3n) is 9.54. The van der Waals surface area contributed by atoms with E-state index in [4.69, 9.17) is 9.97 Å². The summed E-state index contributed by atoms with van der Waals surface area (Å²) in [7, 11) is 0. The average molecular weight is 1250 g/mol. The van der Waals surface area contributed by atoms with E-state index in [1.807, 2.05) is 24.3 Å². The maximum absolute atomic E-state index is 5.44. The Labute approximate surface area is 389 Å². The molecule has 9 rings (SSSR count). The summed E-state index contributed by atoms with van der Waals surface area (Å²) < 4.78 is 7.62. The quantitative estimate of drug-likeness (QED) is 0.184. The maximum Gasteiger partial charge on any atom is 0.0737 e. The molecule has 5 heterocycles. The molecule has 0 aliphatic carbocycles. The first-order valence-electron chi connectivity index (χ1n) is 17.0. The van der Waals surface area contributed by atoms with Crippen LogP contribution in [0.5, 0.6) is 0 Å². The Balaban J connectivity index is 1.52. The molecule has 8 bridgehead atoms. The van der Waals surface area contributed by atoms with Crippen LogP contribution in [0.3, 0.4) is 0 Å². The van der Waals surface area contributed by atoms with Crippen molar-refractivity contribution in [1.82, 2.24) is 19.9 Å². The Bertz CT molecular complexity index is 2640. The highest BCUT2D eigenvalue weighted by Gasteiger charge is 2.22. The lowest BCUT2D eigenvalue weighted by Gasteiger charge is -2.10. The van der Waals surface area contributed by atoms with Crippen molar-refractivity contribution >= 4 is 174 Å². The lowest BCUT2D eigenvalue weighted by molar-refractivity contribution is 1.31. The van der Waals surface area contributed by atoms with E-state index in [2.05, 4.69) is 235 Å². The Hall–Kier alpha value is -2.68. The van der Waals surface area contributed by atoms with Gasteiger partial charge >= 0.3 is 0 Å². The summed E-state index contributed by atoms with van der Waals surface area (Å²) >= 11 is 30.5. The predicted molar refractivity (Wildman–Crippen MR) is 262 cm³/mol. The van der Waals surface area contributed by atoms with Crippen molar-refractivity contribution in [3.05, 3.63) is 156 Å². The van der Waals surface area contributed by atoms with Crippen LogP contribution in [0.4, 0.5) is 0 Å². The number of H-pyrrole nitrogens is 2. The molecule has 0 spiro atoms. The predicted octanol–water partition coefficient (Wildman–Crippen LogP) is 17.4. The number of nitrogens with zero attached hydrogens (tertiary/aromatic N) is 2. The lowest BCUT2D eigenvalue weighted by atomic mass is 10.0. The molecule has 4 aromatic carbocycles. The van der Waals surface area contributed by atoms with E-state index in [-0.39, 0.29) is 0 Å². The minimum Gasteiger partial charge on any atom is -0.354 e. The van der Waals surface area contributed by atoms with Crippen molar-refractivity contribution in [3.8, 4) is 44.5 Å². The molecule has 56 heavy (non-hydrogen) atoms. The van der Waals surface area contributed by atoms with Crippen molar-refractivity contribution in [2.24, 2.45) is 0 Å². The second kappa shape index (κ2) is 15.8. The molecule has 0 saturated heterocycles. The molecule has 7 aromatic rings. The van der Waals surface area contributed by atoms with Crippen LogP contribution < -0.4 is 0 Å². The van der Waals surface area contributed by atoms with Crippen molar-refractivity contribution in [2.75, 3.05) is 0 Å². The summed E-state index contributed by atoms with van der Waals surface area (Å²) in [6.07, 6.45) is 8.40. The third kappa shape index (κ3) is 7.31. The van der Waals surface area contributed by atoms with Gasteiger partial charge in [0.1, 0.15) is 0 Å². The zero-order valence-electron chi connectivity index (χ0n) is 28.5. The molecule has 0 radical (unpaired) electrons. The van der Waals surface area contributed by atoms with Gasteiger partial charge in [-0.2, -0.15) is 0 Å². The molecule has 2 aliphatic heterocycles. The van der Waals surface area contributed by atoms with Crippen LogP contribution in [0.25, 0.3) is 90.9 Å². The second-order valence-corrected chi connectivity index (χ2v) is 20.1. The van der Waals surface area contributed by atoms with Crippen molar-refractivity contribution < 1.29 is 0 Å². The molecular formula is C44H22Br8N4. The highest BCUT2D eigenvalue weighted by molar-refractivity contribution is 9.11. The molecule has 12 heteroatoms. The monoisotopic (exact) mass is 1240 g/mol. The minimum absolute atomic E-state index is 0.818. The van der Waals surface area contributed by atoms with Crippen LogP contribution in [0.15, 0.2) is 133 Å². The number of aromatic amines is 2. The number of fused-ring (bicyclic) bond motifs is 8. The van der Waals surface area contributed by atoms with Crippen LogP contribution in [0.2, 0.25) is 0 Å². The molecule has 2 N–H and O–H groups in total. The van der Waals surface area contributed by atoms with Crippen LogP contribution in [0.1, 0.15) is 22.8 Å². The van der Waals surface area contributed by atoms with E-state index >= 15 is 0 Å². The van der Waals surface area contributed by atoms with E-state index in [9.17, 15) is 0 Å². The molecule has 0 saturated carbocycles. The molecule has 0 unspecified atom stereocenters. The highest BCUT2D eigenvalue weighted by Crippen LogP contribution is 2.44. The fraction of sp³-hybridized carbons (Fsp3) is 0. The number of hydrogen-bond donors (Lipinski definition) is 2. The second-order valence-electron chi connectivity index (χ2n) is 13.0. The number of benzene rings is 4. The Morgan fingerprint density at radius 2 is 0.536 bits per heavy atom. The molecular weight excluding hydrogens is 1220 g/mol. The van der Waals surface area contributed by atoms with Gasteiger partial charge in [-0.1, -0.05) is 127 Å². The third-order valence-corrected chi connectivity index (χ3v) is 14.3. The molecule has 2 aliphatic rings. The van der Waals surface area contributed by atoms with Gasteiger partial charge in [0.2, 0.25) is 0 Å². The summed E-state index contributed by atoms with van der Waals surface area (Å²) in [5.74, 6) is 0. The standard InChI is InChI=1S/C44H22Br8N4/c45-21-1-5-29(49)25(17-21)41-33-9-11-35(53-33)42(26-18-22(46)2-6-30(26)50)37-13-15-39(55-37)44(28-20-24(48)4-8-32(28)52)40-16-14-38(56-40)43(36-12-10-34(41)54-36)27-19-23(47)3-7-31(27)51/h1-20,53,56H. The van der Waals surface area contributed by atoms with Gasteiger partial charge in [0.25, 0.3) is 0 Å². The zero-order valence-corrected chi connectivity index (χ0v) is 41.2. The maximum atomic E-state index is 5.44. The van der Waals surface area contributed by atoms with Crippen molar-refractivity contribution in [2.45, 2.75) is 0 Å². The summed E-state index contributed by atoms with van der Waals surface area (Å²) in [5, 5.41) is 0.